The predicted molar refractivity (Wildman–Crippen MR) is 101 cm³/mol. The normalized spacial score (nSPS) is 10.9. The number of aryl methyl sites for hydroxylation is 1. The number of carbonyl (C=O) groups excluding carboxylic acids is 1. The van der Waals surface area contributed by atoms with Crippen LogP contribution < -0.4 is 10.2 Å². The molecular weight excluding hydrogens is 312 g/mol. The van der Waals surface area contributed by atoms with Gasteiger partial charge in [-0.2, -0.15) is 5.10 Å². The first-order valence-corrected chi connectivity index (χ1v) is 8.19. The van der Waals surface area contributed by atoms with Crippen LogP contribution in [0, 0.1) is 0 Å². The van der Waals surface area contributed by atoms with Gasteiger partial charge in [0.1, 0.15) is 5.75 Å². The average Bonchev–Trinajstić information content (AvgIpc) is 2.67. The van der Waals surface area contributed by atoms with E-state index in [1.807, 2.05) is 66.7 Å². The third kappa shape index (κ3) is 4.23. The number of nitrogens with one attached hydrogen (secondary N) is 1. The Hall–Kier alpha value is -3.14. The molecule has 0 aromatic heterocycles. The second-order valence-electron chi connectivity index (χ2n) is 5.68. The van der Waals surface area contributed by atoms with E-state index in [-0.39, 0.29) is 5.91 Å². The van der Waals surface area contributed by atoms with Crippen LogP contribution in [-0.4, -0.2) is 19.2 Å². The number of hydrogen-bond acceptors (Lipinski definition) is 3. The molecule has 0 saturated carbocycles. The molecule has 0 atom stereocenters. The number of carbonyl (C=O) groups is 1. The van der Waals surface area contributed by atoms with Gasteiger partial charge in [0.25, 0.3) is 0 Å². The maximum Gasteiger partial charge on any atom is 0.240 e. The summed E-state index contributed by atoms with van der Waals surface area (Å²) in [6, 6.07) is 21.8. The molecule has 0 radical (unpaired) electrons. The molecule has 0 fully saturated rings. The van der Waals surface area contributed by atoms with E-state index in [1.54, 1.807) is 13.3 Å². The van der Waals surface area contributed by atoms with E-state index in [0.717, 1.165) is 27.6 Å². The molecule has 0 unspecified atom stereocenters. The Morgan fingerprint density at radius 3 is 2.60 bits per heavy atom. The van der Waals surface area contributed by atoms with Crippen LogP contribution in [0.2, 0.25) is 0 Å². The third-order valence-electron chi connectivity index (χ3n) is 4.02. The minimum Gasteiger partial charge on any atom is -0.496 e. The summed E-state index contributed by atoms with van der Waals surface area (Å²) in [5.41, 5.74) is 4.58. The molecule has 0 aliphatic carbocycles. The fourth-order valence-corrected chi connectivity index (χ4v) is 2.71. The van der Waals surface area contributed by atoms with Gasteiger partial charge in [0, 0.05) is 12.0 Å². The van der Waals surface area contributed by atoms with E-state index in [4.69, 9.17) is 4.74 Å². The van der Waals surface area contributed by atoms with Crippen molar-refractivity contribution < 1.29 is 9.53 Å². The molecule has 0 heterocycles. The van der Waals surface area contributed by atoms with Crippen LogP contribution in [0.3, 0.4) is 0 Å². The van der Waals surface area contributed by atoms with Gasteiger partial charge in [-0.3, -0.25) is 4.79 Å². The number of amides is 1. The standard InChI is InChI=1S/C21H20N2O2/c1-25-20-13-12-17-9-5-6-10-18(17)19(20)15-22-23-21(24)14-11-16-7-3-2-4-8-16/h2-10,12-13,15H,11,14H2,1H3,(H,23,24). The molecule has 126 valence electrons. The Morgan fingerprint density at radius 1 is 1.04 bits per heavy atom. The lowest BCUT2D eigenvalue weighted by Gasteiger charge is -2.08. The first-order chi connectivity index (χ1) is 12.3. The van der Waals surface area contributed by atoms with Crippen LogP contribution in [-0.2, 0) is 11.2 Å². The van der Waals surface area contributed by atoms with Crippen LogP contribution >= 0.6 is 0 Å². The quantitative estimate of drug-likeness (QED) is 0.549. The van der Waals surface area contributed by atoms with Crippen molar-refractivity contribution in [2.24, 2.45) is 5.10 Å². The summed E-state index contributed by atoms with van der Waals surface area (Å²) in [6.07, 6.45) is 2.73. The molecule has 3 rings (SSSR count). The van der Waals surface area contributed by atoms with Gasteiger partial charge in [-0.25, -0.2) is 5.43 Å². The number of ether oxygens (including phenoxy) is 1. The summed E-state index contributed by atoms with van der Waals surface area (Å²) in [4.78, 5) is 12.0. The van der Waals surface area contributed by atoms with Gasteiger partial charge in [0.2, 0.25) is 5.91 Å². The molecular formula is C21H20N2O2. The van der Waals surface area contributed by atoms with Gasteiger partial charge in [-0.05, 0) is 28.8 Å². The topological polar surface area (TPSA) is 50.7 Å². The number of fused-ring (bicyclic) bond motifs is 1. The van der Waals surface area contributed by atoms with Crippen molar-refractivity contribution in [2.75, 3.05) is 7.11 Å². The van der Waals surface area contributed by atoms with Gasteiger partial charge >= 0.3 is 0 Å². The fourth-order valence-electron chi connectivity index (χ4n) is 2.71. The molecule has 25 heavy (non-hydrogen) atoms. The lowest BCUT2D eigenvalue weighted by atomic mass is 10.0. The van der Waals surface area contributed by atoms with E-state index >= 15 is 0 Å². The molecule has 4 nitrogen and oxygen atoms in total. The van der Waals surface area contributed by atoms with Crippen molar-refractivity contribution in [1.29, 1.82) is 0 Å². The van der Waals surface area contributed by atoms with Gasteiger partial charge in [0.05, 0.1) is 13.3 Å². The summed E-state index contributed by atoms with van der Waals surface area (Å²) in [5.74, 6) is 0.611. The van der Waals surface area contributed by atoms with Crippen LogP contribution in [0.15, 0.2) is 71.8 Å². The molecule has 1 amide bonds. The highest BCUT2D eigenvalue weighted by Gasteiger charge is 2.06. The molecule has 0 aliphatic heterocycles. The van der Waals surface area contributed by atoms with Crippen molar-refractivity contribution in [2.45, 2.75) is 12.8 Å². The summed E-state index contributed by atoms with van der Waals surface area (Å²) < 4.78 is 5.41. The second kappa shape index (κ2) is 8.11. The summed E-state index contributed by atoms with van der Waals surface area (Å²) in [6.45, 7) is 0. The van der Waals surface area contributed by atoms with Gasteiger partial charge in [-0.1, -0.05) is 60.7 Å². The molecule has 1 N–H and O–H groups in total. The second-order valence-corrected chi connectivity index (χ2v) is 5.68. The van der Waals surface area contributed by atoms with Crippen LogP contribution in [0.1, 0.15) is 17.5 Å². The van der Waals surface area contributed by atoms with Gasteiger partial charge in [-0.15, -0.1) is 0 Å². The highest BCUT2D eigenvalue weighted by Crippen LogP contribution is 2.26. The van der Waals surface area contributed by atoms with Crippen molar-refractivity contribution >= 4 is 22.9 Å². The zero-order chi connectivity index (χ0) is 17.5. The molecule has 0 bridgehead atoms. The maximum absolute atomic E-state index is 12.0. The number of methoxy groups -OCH3 is 1. The molecule has 0 spiro atoms. The third-order valence-corrected chi connectivity index (χ3v) is 4.02. The monoisotopic (exact) mass is 332 g/mol. The minimum absolute atomic E-state index is 0.112. The maximum atomic E-state index is 12.0. The Morgan fingerprint density at radius 2 is 1.80 bits per heavy atom. The van der Waals surface area contributed by atoms with Crippen LogP contribution in [0.25, 0.3) is 10.8 Å². The predicted octanol–water partition coefficient (Wildman–Crippen LogP) is 3.93. The van der Waals surface area contributed by atoms with Crippen molar-refractivity contribution in [3.63, 3.8) is 0 Å². The molecule has 3 aromatic rings. The molecule has 4 heteroatoms. The van der Waals surface area contributed by atoms with Crippen molar-refractivity contribution in [3.8, 4) is 5.75 Å². The number of hydrazone groups is 1. The van der Waals surface area contributed by atoms with Gasteiger partial charge < -0.3 is 4.74 Å². The highest BCUT2D eigenvalue weighted by atomic mass is 16.5. The molecule has 0 aliphatic rings. The van der Waals surface area contributed by atoms with Crippen molar-refractivity contribution in [3.05, 3.63) is 77.9 Å². The van der Waals surface area contributed by atoms with E-state index in [1.165, 1.54) is 0 Å². The lowest BCUT2D eigenvalue weighted by molar-refractivity contribution is -0.121. The van der Waals surface area contributed by atoms with E-state index in [9.17, 15) is 4.79 Å². The Labute approximate surface area is 147 Å². The van der Waals surface area contributed by atoms with Crippen LogP contribution in [0.5, 0.6) is 5.75 Å². The Balaban J connectivity index is 1.67. The zero-order valence-corrected chi connectivity index (χ0v) is 14.1. The van der Waals surface area contributed by atoms with Crippen molar-refractivity contribution in [1.82, 2.24) is 5.43 Å². The van der Waals surface area contributed by atoms with E-state index < -0.39 is 0 Å². The Kier molecular flexibility index (Phi) is 5.42. The molecule has 0 saturated heterocycles. The smallest absolute Gasteiger partial charge is 0.240 e. The van der Waals surface area contributed by atoms with E-state index in [2.05, 4.69) is 10.5 Å². The SMILES string of the molecule is COc1ccc2ccccc2c1C=NNC(=O)CCc1ccccc1. The highest BCUT2D eigenvalue weighted by molar-refractivity contribution is 6.02. The van der Waals surface area contributed by atoms with Crippen LogP contribution in [0.4, 0.5) is 0 Å². The first-order valence-electron chi connectivity index (χ1n) is 8.19. The lowest BCUT2D eigenvalue weighted by Crippen LogP contribution is -2.18. The number of benzene rings is 3. The fraction of sp³-hybridized carbons (Fsp3) is 0.143. The van der Waals surface area contributed by atoms with E-state index in [0.29, 0.717) is 12.8 Å². The summed E-state index contributed by atoms with van der Waals surface area (Å²) in [5, 5.41) is 6.24. The summed E-state index contributed by atoms with van der Waals surface area (Å²) >= 11 is 0. The number of rotatable bonds is 6. The zero-order valence-electron chi connectivity index (χ0n) is 14.1. The van der Waals surface area contributed by atoms with Gasteiger partial charge in [0.15, 0.2) is 0 Å². The largest absolute Gasteiger partial charge is 0.496 e. The minimum atomic E-state index is -0.112. The average molecular weight is 332 g/mol. The molecule has 3 aromatic carbocycles. The first kappa shape index (κ1) is 16.7. The Bertz CT molecular complexity index is 889. The number of hydrogen-bond donors (Lipinski definition) is 1. The number of nitrogens with zero attached hydrogens (tertiary/aromatic N) is 1. The summed E-state index contributed by atoms with van der Waals surface area (Å²) in [7, 11) is 1.62.